The van der Waals surface area contributed by atoms with Crippen molar-refractivity contribution in [3.05, 3.63) is 24.1 Å². The molecule has 0 spiro atoms. The number of aryl methyl sites for hydroxylation is 1. The third-order valence-electron chi connectivity index (χ3n) is 3.99. The molecular weight excluding hydrogens is 296 g/mol. The van der Waals surface area contributed by atoms with E-state index >= 15 is 0 Å². The van der Waals surface area contributed by atoms with Gasteiger partial charge in [0.05, 0.1) is 5.69 Å². The molecule has 0 bridgehead atoms. The van der Waals surface area contributed by atoms with Gasteiger partial charge in [0.2, 0.25) is 5.91 Å². The number of amides is 3. The average Bonchev–Trinajstić information content (AvgIpc) is 2.91. The van der Waals surface area contributed by atoms with Crippen molar-refractivity contribution in [3.8, 4) is 0 Å². The van der Waals surface area contributed by atoms with Gasteiger partial charge in [-0.1, -0.05) is 6.07 Å². The quantitative estimate of drug-likeness (QED) is 0.909. The van der Waals surface area contributed by atoms with E-state index in [1.165, 1.54) is 0 Å². The van der Waals surface area contributed by atoms with Crippen LogP contribution < -0.4 is 10.6 Å². The lowest BCUT2D eigenvalue weighted by molar-refractivity contribution is -0.135. The Hall–Kier alpha value is -2.57. The van der Waals surface area contributed by atoms with Gasteiger partial charge in [-0.25, -0.2) is 9.78 Å². The largest absolute Gasteiger partial charge is 0.441 e. The summed E-state index contributed by atoms with van der Waals surface area (Å²) in [7, 11) is 0. The Bertz CT molecular complexity index is 740. The molecule has 1 aromatic heterocycles. The van der Waals surface area contributed by atoms with E-state index in [1.807, 2.05) is 6.92 Å². The minimum absolute atomic E-state index is 0.0237. The highest BCUT2D eigenvalue weighted by Gasteiger charge is 2.29. The van der Waals surface area contributed by atoms with Crippen LogP contribution in [0, 0.1) is 6.92 Å². The molecule has 23 heavy (non-hydrogen) atoms. The number of urea groups is 1. The molecule has 0 saturated carbocycles. The van der Waals surface area contributed by atoms with Crippen LogP contribution in [0.3, 0.4) is 0 Å². The Morgan fingerprint density at radius 2 is 2.30 bits per heavy atom. The molecule has 7 heteroatoms. The predicted octanol–water partition coefficient (Wildman–Crippen LogP) is 2.27. The molecule has 1 fully saturated rings. The van der Waals surface area contributed by atoms with Gasteiger partial charge in [-0.2, -0.15) is 0 Å². The Morgan fingerprint density at radius 3 is 3.09 bits per heavy atom. The highest BCUT2D eigenvalue weighted by Crippen LogP contribution is 2.23. The van der Waals surface area contributed by atoms with Crippen LogP contribution in [0.1, 0.15) is 25.7 Å². The Balaban J connectivity index is 1.70. The molecule has 1 atom stereocenters. The maximum Gasteiger partial charge on any atom is 0.319 e. The zero-order valence-electron chi connectivity index (χ0n) is 13.3. The van der Waals surface area contributed by atoms with Gasteiger partial charge in [-0.3, -0.25) is 4.79 Å². The average molecular weight is 316 g/mol. The fourth-order valence-electron chi connectivity index (χ4n) is 2.87. The molecule has 1 aromatic carbocycles. The van der Waals surface area contributed by atoms with Gasteiger partial charge in [0.15, 0.2) is 11.5 Å². The molecule has 0 aliphatic carbocycles. The summed E-state index contributed by atoms with van der Waals surface area (Å²) in [6.07, 6.45) is 1.55. The fourth-order valence-corrected chi connectivity index (χ4v) is 2.87. The van der Waals surface area contributed by atoms with Crippen LogP contribution in [-0.4, -0.2) is 41.0 Å². The van der Waals surface area contributed by atoms with Crippen molar-refractivity contribution in [1.82, 2.24) is 15.2 Å². The molecule has 1 unspecified atom stereocenters. The lowest BCUT2D eigenvalue weighted by atomic mass is 10.1. The number of anilines is 1. The van der Waals surface area contributed by atoms with Crippen molar-refractivity contribution in [1.29, 1.82) is 0 Å². The molecule has 122 valence electrons. The number of benzene rings is 1. The van der Waals surface area contributed by atoms with E-state index in [0.717, 1.165) is 13.0 Å². The number of carbonyl (C=O) groups is 2. The molecule has 7 nitrogen and oxygen atoms in total. The van der Waals surface area contributed by atoms with Gasteiger partial charge >= 0.3 is 6.03 Å². The molecule has 2 N–H and O–H groups in total. The Kier molecular flexibility index (Phi) is 4.18. The second-order valence-corrected chi connectivity index (χ2v) is 5.60. The van der Waals surface area contributed by atoms with Crippen LogP contribution in [-0.2, 0) is 4.79 Å². The van der Waals surface area contributed by atoms with Gasteiger partial charge < -0.3 is 20.0 Å². The number of hydrogen-bond donors (Lipinski definition) is 2. The van der Waals surface area contributed by atoms with Crippen LogP contribution in [0.2, 0.25) is 0 Å². The third-order valence-corrected chi connectivity index (χ3v) is 3.99. The monoisotopic (exact) mass is 316 g/mol. The number of hydrogen-bond acceptors (Lipinski definition) is 4. The number of piperidine rings is 1. The number of para-hydroxylation sites is 1. The van der Waals surface area contributed by atoms with E-state index < -0.39 is 12.1 Å². The molecule has 2 aromatic rings. The zero-order chi connectivity index (χ0) is 16.4. The summed E-state index contributed by atoms with van der Waals surface area (Å²) in [6, 6.07) is 4.46. The summed E-state index contributed by atoms with van der Waals surface area (Å²) in [6.45, 7) is 5.11. The summed E-state index contributed by atoms with van der Waals surface area (Å²) in [5.41, 5.74) is 1.78. The summed E-state index contributed by atoms with van der Waals surface area (Å²) in [5, 5.41) is 5.51. The van der Waals surface area contributed by atoms with E-state index in [2.05, 4.69) is 15.6 Å². The predicted molar refractivity (Wildman–Crippen MR) is 86.2 cm³/mol. The van der Waals surface area contributed by atoms with Gasteiger partial charge in [-0.05, 0) is 31.9 Å². The standard InChI is InChI=1S/C16H20N4O3/c1-3-20-9-5-7-12(15(20)21)19-16(22)18-11-6-4-8-13-14(11)17-10(2)23-13/h4,6,8,12H,3,5,7,9H2,1-2H3,(H2,18,19,22). The molecule has 3 rings (SSSR count). The molecule has 2 heterocycles. The first-order valence-corrected chi connectivity index (χ1v) is 7.81. The zero-order valence-corrected chi connectivity index (χ0v) is 13.3. The first-order valence-electron chi connectivity index (χ1n) is 7.81. The number of likely N-dealkylation sites (N-methyl/N-ethyl adjacent to an activating group) is 1. The van der Waals surface area contributed by atoms with E-state index in [-0.39, 0.29) is 5.91 Å². The number of nitrogens with zero attached hydrogens (tertiary/aromatic N) is 2. The molecule has 1 saturated heterocycles. The Labute approximate surface area is 134 Å². The number of aromatic nitrogens is 1. The summed E-state index contributed by atoms with van der Waals surface area (Å²) < 4.78 is 5.44. The number of oxazole rings is 1. The van der Waals surface area contributed by atoms with Gasteiger partial charge in [0, 0.05) is 20.0 Å². The molecule has 0 radical (unpaired) electrons. The molecule has 1 aliphatic heterocycles. The highest BCUT2D eigenvalue weighted by atomic mass is 16.3. The number of fused-ring (bicyclic) bond motifs is 1. The fraction of sp³-hybridized carbons (Fsp3) is 0.438. The maximum absolute atomic E-state index is 12.2. The SMILES string of the molecule is CCN1CCCC(NC(=O)Nc2cccc3oc(C)nc23)C1=O. The first kappa shape index (κ1) is 15.3. The molecule has 3 amide bonds. The number of rotatable bonds is 3. The first-order chi connectivity index (χ1) is 11.1. The summed E-state index contributed by atoms with van der Waals surface area (Å²) in [4.78, 5) is 30.5. The van der Waals surface area contributed by atoms with E-state index in [1.54, 1.807) is 30.0 Å². The molecular formula is C16H20N4O3. The lowest BCUT2D eigenvalue weighted by Crippen LogP contribution is -2.52. The molecule has 1 aliphatic rings. The van der Waals surface area contributed by atoms with E-state index in [9.17, 15) is 9.59 Å². The highest BCUT2D eigenvalue weighted by molar-refractivity contribution is 5.99. The Morgan fingerprint density at radius 1 is 1.48 bits per heavy atom. The van der Waals surface area contributed by atoms with Crippen molar-refractivity contribution in [2.75, 3.05) is 18.4 Å². The summed E-state index contributed by atoms with van der Waals surface area (Å²) in [5.74, 6) is 0.514. The van der Waals surface area contributed by atoms with Crippen molar-refractivity contribution in [2.45, 2.75) is 32.7 Å². The smallest absolute Gasteiger partial charge is 0.319 e. The summed E-state index contributed by atoms with van der Waals surface area (Å²) >= 11 is 0. The number of likely N-dealkylation sites (tertiary alicyclic amines) is 1. The van der Waals surface area contributed by atoms with E-state index in [4.69, 9.17) is 4.42 Å². The van der Waals surface area contributed by atoms with Crippen LogP contribution in [0.15, 0.2) is 22.6 Å². The minimum Gasteiger partial charge on any atom is -0.441 e. The van der Waals surface area contributed by atoms with Crippen molar-refractivity contribution >= 4 is 28.7 Å². The third kappa shape index (κ3) is 3.13. The van der Waals surface area contributed by atoms with E-state index in [0.29, 0.717) is 35.6 Å². The normalized spacial score (nSPS) is 18.3. The van der Waals surface area contributed by atoms with Crippen LogP contribution in [0.4, 0.5) is 10.5 Å². The van der Waals surface area contributed by atoms with Crippen LogP contribution >= 0.6 is 0 Å². The van der Waals surface area contributed by atoms with Gasteiger partial charge in [-0.15, -0.1) is 0 Å². The second kappa shape index (κ2) is 6.28. The van der Waals surface area contributed by atoms with Crippen LogP contribution in [0.5, 0.6) is 0 Å². The minimum atomic E-state index is -0.470. The van der Waals surface area contributed by atoms with Gasteiger partial charge in [0.1, 0.15) is 11.6 Å². The van der Waals surface area contributed by atoms with Crippen LogP contribution in [0.25, 0.3) is 11.1 Å². The number of carbonyl (C=O) groups excluding carboxylic acids is 2. The van der Waals surface area contributed by atoms with Crippen molar-refractivity contribution in [2.24, 2.45) is 0 Å². The maximum atomic E-state index is 12.2. The van der Waals surface area contributed by atoms with Crippen molar-refractivity contribution in [3.63, 3.8) is 0 Å². The number of nitrogens with one attached hydrogen (secondary N) is 2. The lowest BCUT2D eigenvalue weighted by Gasteiger charge is -2.31. The van der Waals surface area contributed by atoms with Crippen molar-refractivity contribution < 1.29 is 14.0 Å². The van der Waals surface area contributed by atoms with Gasteiger partial charge in [0.25, 0.3) is 0 Å². The second-order valence-electron chi connectivity index (χ2n) is 5.60. The topological polar surface area (TPSA) is 87.5 Å².